The van der Waals surface area contributed by atoms with Crippen LogP contribution in [0.15, 0.2) is 69.9 Å². The average molecular weight is 510 g/mol. The Morgan fingerprint density at radius 1 is 1.11 bits per heavy atom. The standard InChI is InChI=1S/C28H31NO6S/c1-5-32-26(30)15-20-8-6-7-9-25(20)35-17-19-12-21-10-11-33-27(21)24(13-19)22-14-23(34-18-22)16-29-36(31)28(2,3)4/h6-14,18,29H,5,15-17H2,1-4H3/t36-/m0/s1. The van der Waals surface area contributed by atoms with Crippen molar-refractivity contribution in [1.29, 1.82) is 0 Å². The van der Waals surface area contributed by atoms with Crippen LogP contribution in [0.5, 0.6) is 5.75 Å². The van der Waals surface area contributed by atoms with E-state index in [9.17, 15) is 9.35 Å². The summed E-state index contributed by atoms with van der Waals surface area (Å²) in [5, 5.41) is 0.945. The number of rotatable bonds is 10. The Hall–Kier alpha value is -3.20. The van der Waals surface area contributed by atoms with Gasteiger partial charge in [-0.05, 0) is 63.6 Å². The Labute approximate surface area is 214 Å². The predicted molar refractivity (Wildman–Crippen MR) is 140 cm³/mol. The SMILES string of the molecule is CCOC(=O)Cc1ccccc1OCc1cc(-c2coc(CN[S@@+]([O-])C(C)(C)C)c2)c2occc2c1. The Morgan fingerprint density at radius 2 is 1.92 bits per heavy atom. The Bertz CT molecular complexity index is 1320. The van der Waals surface area contributed by atoms with E-state index < -0.39 is 11.4 Å². The Morgan fingerprint density at radius 3 is 2.69 bits per heavy atom. The molecule has 0 saturated carbocycles. The molecule has 0 unspecified atom stereocenters. The van der Waals surface area contributed by atoms with Gasteiger partial charge in [0.1, 0.15) is 28.4 Å². The predicted octanol–water partition coefficient (Wildman–Crippen LogP) is 5.93. The second kappa shape index (κ2) is 11.2. The third-order valence-electron chi connectivity index (χ3n) is 5.52. The second-order valence-electron chi connectivity index (χ2n) is 9.36. The normalized spacial score (nSPS) is 12.6. The molecule has 2 aromatic carbocycles. The molecule has 0 aliphatic carbocycles. The molecular weight excluding hydrogens is 478 g/mol. The van der Waals surface area contributed by atoms with Crippen LogP contribution in [0.1, 0.15) is 44.6 Å². The van der Waals surface area contributed by atoms with Crippen LogP contribution in [0.2, 0.25) is 0 Å². The second-order valence-corrected chi connectivity index (χ2v) is 11.4. The molecule has 190 valence electrons. The van der Waals surface area contributed by atoms with E-state index in [1.165, 1.54) is 0 Å². The number of esters is 1. The molecular formula is C28H31NO6S. The highest BCUT2D eigenvalue weighted by atomic mass is 32.2. The Balaban J connectivity index is 1.52. The van der Waals surface area contributed by atoms with Crippen LogP contribution in [0.25, 0.3) is 22.1 Å². The smallest absolute Gasteiger partial charge is 0.310 e. The molecule has 0 radical (unpaired) electrons. The van der Waals surface area contributed by atoms with Crippen molar-refractivity contribution in [3.8, 4) is 16.9 Å². The monoisotopic (exact) mass is 509 g/mol. The van der Waals surface area contributed by atoms with Crippen LogP contribution in [0, 0.1) is 0 Å². The first-order valence-electron chi connectivity index (χ1n) is 11.8. The van der Waals surface area contributed by atoms with Gasteiger partial charge in [-0.15, -0.1) is 4.72 Å². The van der Waals surface area contributed by atoms with Gasteiger partial charge >= 0.3 is 5.97 Å². The molecule has 36 heavy (non-hydrogen) atoms. The Kier molecular flexibility index (Phi) is 8.08. The zero-order chi connectivity index (χ0) is 25.7. The number of carbonyl (C=O) groups excluding carboxylic acids is 1. The molecule has 0 aliphatic rings. The van der Waals surface area contributed by atoms with E-state index in [0.717, 1.165) is 33.2 Å². The summed E-state index contributed by atoms with van der Waals surface area (Å²) in [5.74, 6) is 1.03. The van der Waals surface area contributed by atoms with Crippen LogP contribution in [-0.4, -0.2) is 21.9 Å². The van der Waals surface area contributed by atoms with Gasteiger partial charge in [0.25, 0.3) is 0 Å². The summed E-state index contributed by atoms with van der Waals surface area (Å²) in [4.78, 5) is 12.0. The van der Waals surface area contributed by atoms with Crippen molar-refractivity contribution in [3.05, 3.63) is 77.9 Å². The van der Waals surface area contributed by atoms with E-state index >= 15 is 0 Å². The molecule has 0 spiro atoms. The fourth-order valence-electron chi connectivity index (χ4n) is 3.73. The lowest BCUT2D eigenvalue weighted by Crippen LogP contribution is -2.38. The van der Waals surface area contributed by atoms with Crippen molar-refractivity contribution < 1.29 is 27.7 Å². The minimum atomic E-state index is -1.19. The molecule has 2 aromatic heterocycles. The lowest BCUT2D eigenvalue weighted by Gasteiger charge is -2.23. The van der Waals surface area contributed by atoms with Crippen molar-refractivity contribution >= 4 is 28.3 Å². The molecule has 1 N–H and O–H groups in total. The summed E-state index contributed by atoms with van der Waals surface area (Å²) in [6.45, 7) is 8.54. The van der Waals surface area contributed by atoms with E-state index in [4.69, 9.17) is 18.3 Å². The molecule has 0 bridgehead atoms. The number of para-hydroxylation sites is 1. The van der Waals surface area contributed by atoms with Crippen molar-refractivity contribution in [3.63, 3.8) is 0 Å². The molecule has 2 heterocycles. The van der Waals surface area contributed by atoms with Crippen LogP contribution in [-0.2, 0) is 40.5 Å². The number of furan rings is 2. The number of carbonyl (C=O) groups is 1. The van der Waals surface area contributed by atoms with Gasteiger partial charge in [0.05, 0.1) is 32.1 Å². The summed E-state index contributed by atoms with van der Waals surface area (Å²) in [5.41, 5.74) is 4.21. The van der Waals surface area contributed by atoms with E-state index in [1.807, 2.05) is 69.3 Å². The maximum Gasteiger partial charge on any atom is 0.310 e. The topological polar surface area (TPSA) is 96.9 Å². The quantitative estimate of drug-likeness (QED) is 0.209. The minimum absolute atomic E-state index is 0.155. The fraction of sp³-hybridized carbons (Fsp3) is 0.321. The molecule has 4 rings (SSSR count). The third-order valence-corrected chi connectivity index (χ3v) is 7.04. The first-order valence-corrected chi connectivity index (χ1v) is 13.0. The molecule has 4 aromatic rings. The maximum atomic E-state index is 12.3. The summed E-state index contributed by atoms with van der Waals surface area (Å²) < 4.78 is 37.7. The highest BCUT2D eigenvalue weighted by Crippen LogP contribution is 2.33. The van der Waals surface area contributed by atoms with Gasteiger partial charge in [0.2, 0.25) is 0 Å². The van der Waals surface area contributed by atoms with E-state index in [2.05, 4.69) is 4.72 Å². The zero-order valence-corrected chi connectivity index (χ0v) is 21.8. The highest BCUT2D eigenvalue weighted by molar-refractivity contribution is 7.90. The number of benzene rings is 2. The fourth-order valence-corrected chi connectivity index (χ4v) is 4.44. The first-order chi connectivity index (χ1) is 17.2. The molecule has 1 atom stereocenters. The minimum Gasteiger partial charge on any atom is -0.598 e. The summed E-state index contributed by atoms with van der Waals surface area (Å²) >= 11 is -1.19. The van der Waals surface area contributed by atoms with Crippen LogP contribution in [0.4, 0.5) is 0 Å². The molecule has 0 amide bonds. The number of fused-ring (bicyclic) bond motifs is 1. The van der Waals surface area contributed by atoms with E-state index in [1.54, 1.807) is 19.5 Å². The molecule has 8 heteroatoms. The van der Waals surface area contributed by atoms with Crippen LogP contribution >= 0.6 is 0 Å². The third kappa shape index (κ3) is 6.32. The van der Waals surface area contributed by atoms with Crippen molar-refractivity contribution in [2.24, 2.45) is 0 Å². The lowest BCUT2D eigenvalue weighted by atomic mass is 10.0. The van der Waals surface area contributed by atoms with Gasteiger partial charge in [-0.25, -0.2) is 0 Å². The van der Waals surface area contributed by atoms with Crippen molar-refractivity contribution in [2.75, 3.05) is 6.61 Å². The average Bonchev–Trinajstić information content (AvgIpc) is 3.50. The van der Waals surface area contributed by atoms with Crippen molar-refractivity contribution in [1.82, 2.24) is 4.72 Å². The summed E-state index contributed by atoms with van der Waals surface area (Å²) in [7, 11) is 0. The van der Waals surface area contributed by atoms with Gasteiger partial charge in [0, 0.05) is 33.4 Å². The molecule has 0 saturated heterocycles. The largest absolute Gasteiger partial charge is 0.598 e. The van der Waals surface area contributed by atoms with Crippen LogP contribution in [0.3, 0.4) is 0 Å². The number of nitrogens with one attached hydrogen (secondary N) is 1. The zero-order valence-electron chi connectivity index (χ0n) is 21.0. The van der Waals surface area contributed by atoms with Gasteiger partial charge in [-0.2, -0.15) is 0 Å². The maximum absolute atomic E-state index is 12.3. The van der Waals surface area contributed by atoms with Gasteiger partial charge in [-0.3, -0.25) is 4.79 Å². The lowest BCUT2D eigenvalue weighted by molar-refractivity contribution is -0.142. The highest BCUT2D eigenvalue weighted by Gasteiger charge is 2.26. The molecule has 0 fully saturated rings. The summed E-state index contributed by atoms with van der Waals surface area (Å²) in [6, 6.07) is 15.3. The number of ether oxygens (including phenoxy) is 2. The van der Waals surface area contributed by atoms with Gasteiger partial charge in [0.15, 0.2) is 0 Å². The van der Waals surface area contributed by atoms with Gasteiger partial charge in [-0.1, -0.05) is 18.2 Å². The molecule has 7 nitrogen and oxygen atoms in total. The van der Waals surface area contributed by atoms with E-state index in [-0.39, 0.29) is 17.1 Å². The van der Waals surface area contributed by atoms with E-state index in [0.29, 0.717) is 31.3 Å². The first kappa shape index (κ1) is 25.9. The van der Waals surface area contributed by atoms with Gasteiger partial charge < -0.3 is 22.9 Å². The summed E-state index contributed by atoms with van der Waals surface area (Å²) in [6.07, 6.45) is 3.48. The van der Waals surface area contributed by atoms with Crippen LogP contribution < -0.4 is 9.46 Å². The number of hydrogen-bond acceptors (Lipinski definition) is 7. The number of hydrogen-bond donors (Lipinski definition) is 1. The van der Waals surface area contributed by atoms with Crippen molar-refractivity contribution in [2.45, 2.75) is 52.0 Å². The molecule has 0 aliphatic heterocycles.